The summed E-state index contributed by atoms with van der Waals surface area (Å²) in [6.07, 6.45) is 5.46. The van der Waals surface area contributed by atoms with Crippen molar-refractivity contribution < 1.29 is 18.7 Å². The van der Waals surface area contributed by atoms with E-state index in [1.807, 2.05) is 24.1 Å². The average Bonchev–Trinajstić information content (AvgIpc) is 3.59. The summed E-state index contributed by atoms with van der Waals surface area (Å²) >= 11 is 0. The zero-order chi connectivity index (χ0) is 24.2. The molecule has 1 atom stereocenters. The normalized spacial score (nSPS) is 17.0. The summed E-state index contributed by atoms with van der Waals surface area (Å²) < 4.78 is 16.5. The first-order chi connectivity index (χ1) is 17.1. The maximum atomic E-state index is 13.2. The van der Waals surface area contributed by atoms with Gasteiger partial charge in [0.05, 0.1) is 20.0 Å². The van der Waals surface area contributed by atoms with Crippen molar-refractivity contribution in [2.24, 2.45) is 5.92 Å². The molecule has 1 saturated heterocycles. The van der Waals surface area contributed by atoms with Crippen molar-refractivity contribution in [2.45, 2.75) is 38.3 Å². The Hall–Kier alpha value is -3.25. The van der Waals surface area contributed by atoms with E-state index in [-0.39, 0.29) is 11.9 Å². The molecule has 3 heterocycles. The van der Waals surface area contributed by atoms with Gasteiger partial charge in [-0.3, -0.25) is 9.69 Å². The standard InChI is InChI=1S/C29H34N2O4/c1-30(29(32)28-7-4-15-34-28)26(19-21-5-3-6-25(18-21)33-2)23-10-13-31(14-11-23)20-22-8-9-27-24(17-22)12-16-35-27/h3-9,15,17-18,23,26H,10-14,16,19-20H2,1-2H3/t26-/m1/s1. The molecule has 2 aliphatic heterocycles. The molecule has 0 radical (unpaired) electrons. The number of ether oxygens (including phenoxy) is 2. The smallest absolute Gasteiger partial charge is 0.289 e. The van der Waals surface area contributed by atoms with Gasteiger partial charge in [-0.2, -0.15) is 0 Å². The number of carbonyl (C=O) groups excluding carboxylic acids is 1. The van der Waals surface area contributed by atoms with Gasteiger partial charge in [-0.15, -0.1) is 0 Å². The molecule has 35 heavy (non-hydrogen) atoms. The Balaban J connectivity index is 1.27. The molecular formula is C29H34N2O4. The quantitative estimate of drug-likeness (QED) is 0.469. The fourth-order valence-corrected chi connectivity index (χ4v) is 5.48. The summed E-state index contributed by atoms with van der Waals surface area (Å²) in [5.74, 6) is 2.62. The van der Waals surface area contributed by atoms with Crippen LogP contribution in [0.1, 0.15) is 40.1 Å². The Labute approximate surface area is 207 Å². The molecule has 3 aromatic rings. The maximum absolute atomic E-state index is 13.2. The highest BCUT2D eigenvalue weighted by molar-refractivity contribution is 5.91. The highest BCUT2D eigenvalue weighted by Gasteiger charge is 2.33. The molecule has 0 spiro atoms. The predicted octanol–water partition coefficient (Wildman–Crippen LogP) is 4.82. The number of carbonyl (C=O) groups is 1. The lowest BCUT2D eigenvalue weighted by atomic mass is 9.84. The number of rotatable bonds is 8. The summed E-state index contributed by atoms with van der Waals surface area (Å²) in [6.45, 7) is 3.80. The lowest BCUT2D eigenvalue weighted by Crippen LogP contribution is -2.47. The number of furan rings is 1. The molecule has 5 rings (SSSR count). The molecule has 1 amide bonds. The third kappa shape index (κ3) is 5.38. The van der Waals surface area contributed by atoms with E-state index in [4.69, 9.17) is 13.9 Å². The van der Waals surface area contributed by atoms with E-state index in [1.54, 1.807) is 25.5 Å². The Bertz CT molecular complexity index is 1140. The van der Waals surface area contributed by atoms with E-state index in [0.29, 0.717) is 11.7 Å². The van der Waals surface area contributed by atoms with E-state index < -0.39 is 0 Å². The van der Waals surface area contributed by atoms with Crippen LogP contribution < -0.4 is 9.47 Å². The summed E-state index contributed by atoms with van der Waals surface area (Å²) in [5.41, 5.74) is 3.86. The molecule has 1 aromatic heterocycles. The third-order valence-electron chi connectivity index (χ3n) is 7.47. The molecule has 1 fully saturated rings. The van der Waals surface area contributed by atoms with Crippen LogP contribution in [0.25, 0.3) is 0 Å². The molecule has 6 heteroatoms. The topological polar surface area (TPSA) is 55.2 Å². The number of hydrogen-bond donors (Lipinski definition) is 0. The minimum absolute atomic E-state index is 0.0642. The van der Waals surface area contributed by atoms with E-state index in [9.17, 15) is 4.79 Å². The van der Waals surface area contributed by atoms with Crippen LogP contribution in [0, 0.1) is 5.92 Å². The fourth-order valence-electron chi connectivity index (χ4n) is 5.48. The number of likely N-dealkylation sites (tertiary alicyclic amines) is 1. The van der Waals surface area contributed by atoms with Crippen molar-refractivity contribution in [2.75, 3.05) is 33.9 Å². The Morgan fingerprint density at radius 3 is 2.74 bits per heavy atom. The van der Waals surface area contributed by atoms with E-state index in [0.717, 1.165) is 63.4 Å². The molecule has 2 aromatic carbocycles. The zero-order valence-corrected chi connectivity index (χ0v) is 20.6. The van der Waals surface area contributed by atoms with Crippen molar-refractivity contribution in [3.8, 4) is 11.5 Å². The Morgan fingerprint density at radius 1 is 1.11 bits per heavy atom. The second-order valence-corrected chi connectivity index (χ2v) is 9.67. The number of nitrogens with zero attached hydrogens (tertiary/aromatic N) is 2. The Morgan fingerprint density at radius 2 is 1.97 bits per heavy atom. The second-order valence-electron chi connectivity index (χ2n) is 9.67. The van der Waals surface area contributed by atoms with Gasteiger partial charge in [0, 0.05) is 26.1 Å². The molecule has 0 unspecified atom stereocenters. The van der Waals surface area contributed by atoms with Crippen LogP contribution in [-0.2, 0) is 19.4 Å². The summed E-state index contributed by atoms with van der Waals surface area (Å²) in [4.78, 5) is 17.6. The number of benzene rings is 2. The molecule has 0 aliphatic carbocycles. The molecule has 0 bridgehead atoms. The van der Waals surface area contributed by atoms with Gasteiger partial charge in [0.1, 0.15) is 11.5 Å². The lowest BCUT2D eigenvalue weighted by molar-refractivity contribution is 0.0556. The number of methoxy groups -OCH3 is 1. The monoisotopic (exact) mass is 474 g/mol. The number of likely N-dealkylation sites (N-methyl/N-ethyl adjacent to an activating group) is 1. The third-order valence-corrected chi connectivity index (χ3v) is 7.47. The van der Waals surface area contributed by atoms with Gasteiger partial charge in [0.2, 0.25) is 0 Å². The molecule has 6 nitrogen and oxygen atoms in total. The van der Waals surface area contributed by atoms with Gasteiger partial charge in [0.25, 0.3) is 5.91 Å². The van der Waals surface area contributed by atoms with Crippen LogP contribution in [0.5, 0.6) is 11.5 Å². The molecule has 184 valence electrons. The van der Waals surface area contributed by atoms with E-state index >= 15 is 0 Å². The van der Waals surface area contributed by atoms with Crippen molar-refractivity contribution in [3.63, 3.8) is 0 Å². The van der Waals surface area contributed by atoms with Crippen molar-refractivity contribution in [1.82, 2.24) is 9.80 Å². The number of hydrogen-bond acceptors (Lipinski definition) is 5. The van der Waals surface area contributed by atoms with Gasteiger partial charge in [-0.05, 0) is 85.3 Å². The Kier molecular flexibility index (Phi) is 7.09. The summed E-state index contributed by atoms with van der Waals surface area (Å²) in [7, 11) is 3.60. The van der Waals surface area contributed by atoms with Gasteiger partial charge in [-0.1, -0.05) is 24.3 Å². The molecule has 0 N–H and O–H groups in total. The molecule has 2 aliphatic rings. The highest BCUT2D eigenvalue weighted by atomic mass is 16.5. The average molecular weight is 475 g/mol. The van der Waals surface area contributed by atoms with Crippen molar-refractivity contribution in [1.29, 1.82) is 0 Å². The van der Waals surface area contributed by atoms with Crippen LogP contribution in [0.3, 0.4) is 0 Å². The first-order valence-corrected chi connectivity index (χ1v) is 12.5. The predicted molar refractivity (Wildman–Crippen MR) is 135 cm³/mol. The first kappa shape index (κ1) is 23.5. The fraction of sp³-hybridized carbons (Fsp3) is 0.414. The van der Waals surface area contributed by atoms with Crippen molar-refractivity contribution in [3.05, 3.63) is 83.3 Å². The number of fused-ring (bicyclic) bond motifs is 1. The minimum atomic E-state index is -0.0642. The van der Waals surface area contributed by atoms with Gasteiger partial charge < -0.3 is 18.8 Å². The number of piperidine rings is 1. The van der Waals surface area contributed by atoms with E-state index in [1.165, 1.54) is 16.7 Å². The summed E-state index contributed by atoms with van der Waals surface area (Å²) in [6, 6.07) is 18.4. The molecular weight excluding hydrogens is 440 g/mol. The van der Waals surface area contributed by atoms with Crippen LogP contribution >= 0.6 is 0 Å². The second kappa shape index (κ2) is 10.6. The van der Waals surface area contributed by atoms with Gasteiger partial charge >= 0.3 is 0 Å². The van der Waals surface area contributed by atoms with E-state index in [2.05, 4.69) is 35.2 Å². The molecule has 0 saturated carbocycles. The first-order valence-electron chi connectivity index (χ1n) is 12.5. The lowest BCUT2D eigenvalue weighted by Gasteiger charge is -2.40. The number of amides is 1. The largest absolute Gasteiger partial charge is 0.497 e. The van der Waals surface area contributed by atoms with Gasteiger partial charge in [0.15, 0.2) is 5.76 Å². The zero-order valence-electron chi connectivity index (χ0n) is 20.6. The maximum Gasteiger partial charge on any atom is 0.289 e. The van der Waals surface area contributed by atoms with Crippen LogP contribution in [0.15, 0.2) is 65.3 Å². The van der Waals surface area contributed by atoms with Crippen molar-refractivity contribution >= 4 is 5.91 Å². The minimum Gasteiger partial charge on any atom is -0.497 e. The van der Waals surface area contributed by atoms with Crippen LogP contribution in [0.2, 0.25) is 0 Å². The van der Waals surface area contributed by atoms with Gasteiger partial charge in [-0.25, -0.2) is 0 Å². The van der Waals surface area contributed by atoms with Crippen LogP contribution in [0.4, 0.5) is 0 Å². The SMILES string of the molecule is COc1cccc(C[C@H](C2CCN(Cc3ccc4c(c3)CCO4)CC2)N(C)C(=O)c2ccco2)c1. The summed E-state index contributed by atoms with van der Waals surface area (Å²) in [5, 5.41) is 0. The highest BCUT2D eigenvalue weighted by Crippen LogP contribution is 2.30. The van der Waals surface area contributed by atoms with Crippen LogP contribution in [-0.4, -0.2) is 55.6 Å².